The highest BCUT2D eigenvalue weighted by Crippen LogP contribution is 2.43. The molecule has 1 aliphatic carbocycles. The molecule has 2 unspecified atom stereocenters. The van der Waals surface area contributed by atoms with E-state index in [1.807, 2.05) is 18.2 Å². The van der Waals surface area contributed by atoms with Crippen molar-refractivity contribution < 1.29 is 9.47 Å². The average molecular weight is 362 g/mol. The summed E-state index contributed by atoms with van der Waals surface area (Å²) in [5, 5.41) is 7.49. The van der Waals surface area contributed by atoms with E-state index in [0.717, 1.165) is 35.3 Å². The van der Waals surface area contributed by atoms with E-state index in [2.05, 4.69) is 15.5 Å². The fourth-order valence-corrected chi connectivity index (χ4v) is 4.82. The van der Waals surface area contributed by atoms with E-state index in [9.17, 15) is 0 Å². The Kier molecular flexibility index (Phi) is 4.73. The summed E-state index contributed by atoms with van der Waals surface area (Å²) in [5.74, 6) is 1.50. The smallest absolute Gasteiger partial charge is 0.171 e. The van der Waals surface area contributed by atoms with E-state index in [1.54, 1.807) is 14.2 Å². The van der Waals surface area contributed by atoms with Crippen molar-refractivity contribution in [3.05, 3.63) is 18.2 Å². The largest absolute Gasteiger partial charge is 0.497 e. The van der Waals surface area contributed by atoms with Gasteiger partial charge >= 0.3 is 0 Å². The summed E-state index contributed by atoms with van der Waals surface area (Å²) in [5.41, 5.74) is 0.860. The van der Waals surface area contributed by atoms with Gasteiger partial charge in [0.15, 0.2) is 5.11 Å². The fraction of sp³-hybridized carbons (Fsp3) is 0.632. The zero-order chi connectivity index (χ0) is 17.4. The number of fused-ring (bicyclic) bond motifs is 2. The van der Waals surface area contributed by atoms with Crippen LogP contribution in [-0.2, 0) is 0 Å². The predicted molar refractivity (Wildman–Crippen MR) is 104 cm³/mol. The molecule has 25 heavy (non-hydrogen) atoms. The lowest BCUT2D eigenvalue weighted by Crippen LogP contribution is -2.51. The van der Waals surface area contributed by atoms with E-state index in [0.29, 0.717) is 11.2 Å². The highest BCUT2D eigenvalue weighted by Gasteiger charge is 2.46. The molecule has 4 rings (SSSR count). The molecule has 2 bridgehead atoms. The lowest BCUT2D eigenvalue weighted by molar-refractivity contribution is 0.114. The summed E-state index contributed by atoms with van der Waals surface area (Å²) in [6.07, 6.45) is 7.92. The standard InChI is InChI=1S/C19H27N3O2S/c1-23-16-7-8-17(18(11-16)24-2)21-19(25)20-12-9-14-5-6-15(10-12)22(14)13-3-4-13/h7-8,11-15H,3-6,9-10H2,1-2H3,(H2,20,21,25). The first kappa shape index (κ1) is 16.9. The number of piperidine rings is 1. The van der Waals surface area contributed by atoms with Crippen molar-refractivity contribution >= 4 is 23.0 Å². The molecule has 136 valence electrons. The molecule has 1 aromatic rings. The molecule has 2 aliphatic heterocycles. The number of hydrogen-bond donors (Lipinski definition) is 2. The molecule has 2 atom stereocenters. The Morgan fingerprint density at radius 1 is 1.04 bits per heavy atom. The molecule has 3 fully saturated rings. The number of methoxy groups -OCH3 is 2. The summed E-state index contributed by atoms with van der Waals surface area (Å²) in [6, 6.07) is 8.56. The molecule has 0 aromatic heterocycles. The Labute approximate surface area is 155 Å². The molecule has 2 N–H and O–H groups in total. The number of ether oxygens (including phenoxy) is 2. The van der Waals surface area contributed by atoms with E-state index >= 15 is 0 Å². The van der Waals surface area contributed by atoms with Gasteiger partial charge in [0, 0.05) is 30.2 Å². The van der Waals surface area contributed by atoms with Crippen LogP contribution in [0.5, 0.6) is 11.5 Å². The zero-order valence-electron chi connectivity index (χ0n) is 15.0. The van der Waals surface area contributed by atoms with Gasteiger partial charge in [-0.05, 0) is 62.9 Å². The average Bonchev–Trinajstić information content (AvgIpc) is 3.41. The van der Waals surface area contributed by atoms with Gasteiger partial charge in [-0.25, -0.2) is 0 Å². The molecule has 0 amide bonds. The molecule has 0 radical (unpaired) electrons. The Hall–Kier alpha value is -1.53. The first-order chi connectivity index (χ1) is 12.2. The molecular formula is C19H27N3O2S. The predicted octanol–water partition coefficient (Wildman–Crippen LogP) is 3.15. The molecule has 3 aliphatic rings. The third-order valence-electron chi connectivity index (χ3n) is 5.75. The number of nitrogens with zero attached hydrogens (tertiary/aromatic N) is 1. The number of hydrogen-bond acceptors (Lipinski definition) is 4. The summed E-state index contributed by atoms with van der Waals surface area (Å²) < 4.78 is 10.7. The Morgan fingerprint density at radius 3 is 2.32 bits per heavy atom. The number of thiocarbonyl (C=S) groups is 1. The summed E-state index contributed by atoms with van der Waals surface area (Å²) in [4.78, 5) is 2.81. The van der Waals surface area contributed by atoms with Gasteiger partial charge in [0.05, 0.1) is 19.9 Å². The molecule has 0 spiro atoms. The Morgan fingerprint density at radius 2 is 1.72 bits per heavy atom. The van der Waals surface area contributed by atoms with Crippen LogP contribution in [0.2, 0.25) is 0 Å². The van der Waals surface area contributed by atoms with Crippen LogP contribution in [0.4, 0.5) is 5.69 Å². The number of rotatable bonds is 5. The van der Waals surface area contributed by atoms with Crippen LogP contribution >= 0.6 is 12.2 Å². The maximum absolute atomic E-state index is 5.55. The van der Waals surface area contributed by atoms with Gasteiger partial charge in [0.2, 0.25) is 0 Å². The van der Waals surface area contributed by atoms with Crippen LogP contribution in [0.3, 0.4) is 0 Å². The van der Waals surface area contributed by atoms with Gasteiger partial charge < -0.3 is 20.1 Å². The van der Waals surface area contributed by atoms with Crippen LogP contribution in [0, 0.1) is 0 Å². The molecule has 2 heterocycles. The van der Waals surface area contributed by atoms with Crippen molar-refractivity contribution in [1.82, 2.24) is 10.2 Å². The van der Waals surface area contributed by atoms with Gasteiger partial charge in [-0.1, -0.05) is 0 Å². The molecule has 5 nitrogen and oxygen atoms in total. The van der Waals surface area contributed by atoms with Gasteiger partial charge in [0.1, 0.15) is 11.5 Å². The monoisotopic (exact) mass is 361 g/mol. The van der Waals surface area contributed by atoms with Crippen LogP contribution in [-0.4, -0.2) is 48.4 Å². The minimum atomic E-state index is 0.469. The Balaban J connectivity index is 1.35. The van der Waals surface area contributed by atoms with Crippen LogP contribution in [0.15, 0.2) is 18.2 Å². The van der Waals surface area contributed by atoms with Crippen LogP contribution in [0.1, 0.15) is 38.5 Å². The van der Waals surface area contributed by atoms with E-state index in [4.69, 9.17) is 21.7 Å². The molecular weight excluding hydrogens is 334 g/mol. The summed E-state index contributed by atoms with van der Waals surface area (Å²) in [7, 11) is 3.30. The molecule has 2 saturated heterocycles. The topological polar surface area (TPSA) is 45.8 Å². The second kappa shape index (κ2) is 7.00. The van der Waals surface area contributed by atoms with Crippen LogP contribution < -0.4 is 20.1 Å². The third-order valence-corrected chi connectivity index (χ3v) is 5.97. The van der Waals surface area contributed by atoms with Crippen molar-refractivity contribution in [2.24, 2.45) is 0 Å². The zero-order valence-corrected chi connectivity index (χ0v) is 15.8. The molecule has 1 aromatic carbocycles. The van der Waals surface area contributed by atoms with Crippen molar-refractivity contribution in [2.75, 3.05) is 19.5 Å². The van der Waals surface area contributed by atoms with Gasteiger partial charge in [-0.2, -0.15) is 0 Å². The van der Waals surface area contributed by atoms with Crippen molar-refractivity contribution in [3.63, 3.8) is 0 Å². The molecule has 1 saturated carbocycles. The summed E-state index contributed by atoms with van der Waals surface area (Å²) in [6.45, 7) is 0. The normalized spacial score (nSPS) is 28.5. The van der Waals surface area contributed by atoms with E-state index < -0.39 is 0 Å². The van der Waals surface area contributed by atoms with Crippen molar-refractivity contribution in [1.29, 1.82) is 0 Å². The van der Waals surface area contributed by atoms with Gasteiger partial charge in [0.25, 0.3) is 0 Å². The highest BCUT2D eigenvalue weighted by molar-refractivity contribution is 7.80. The molecule has 6 heteroatoms. The number of nitrogens with one attached hydrogen (secondary N) is 2. The summed E-state index contributed by atoms with van der Waals surface area (Å²) >= 11 is 5.55. The van der Waals surface area contributed by atoms with Crippen molar-refractivity contribution in [3.8, 4) is 11.5 Å². The SMILES string of the molecule is COc1ccc(NC(=S)NC2CC3CCC(C2)N3C2CC2)c(OC)c1. The maximum Gasteiger partial charge on any atom is 0.171 e. The van der Waals surface area contributed by atoms with Gasteiger partial charge in [-0.3, -0.25) is 4.90 Å². The Bertz CT molecular complexity index is 636. The minimum absolute atomic E-state index is 0.469. The first-order valence-corrected chi connectivity index (χ1v) is 9.65. The maximum atomic E-state index is 5.55. The minimum Gasteiger partial charge on any atom is -0.497 e. The van der Waals surface area contributed by atoms with Crippen LogP contribution in [0.25, 0.3) is 0 Å². The second-order valence-corrected chi connectivity index (χ2v) is 7.80. The highest BCUT2D eigenvalue weighted by atomic mass is 32.1. The second-order valence-electron chi connectivity index (χ2n) is 7.40. The number of anilines is 1. The number of benzene rings is 1. The van der Waals surface area contributed by atoms with Crippen molar-refractivity contribution in [2.45, 2.75) is 62.7 Å². The quantitative estimate of drug-likeness (QED) is 0.786. The van der Waals surface area contributed by atoms with Gasteiger partial charge in [-0.15, -0.1) is 0 Å². The third kappa shape index (κ3) is 3.55. The van der Waals surface area contributed by atoms with E-state index in [1.165, 1.54) is 38.5 Å². The fourth-order valence-electron chi connectivity index (χ4n) is 4.55. The lowest BCUT2D eigenvalue weighted by Gasteiger charge is -2.39. The first-order valence-electron chi connectivity index (χ1n) is 9.25. The van der Waals surface area contributed by atoms with E-state index in [-0.39, 0.29) is 0 Å². The lowest BCUT2D eigenvalue weighted by atomic mass is 9.97.